The van der Waals surface area contributed by atoms with Gasteiger partial charge < -0.3 is 9.30 Å². The molecule has 0 bridgehead atoms. The average molecular weight is 355 g/mol. The molecular weight excluding hydrogens is 332 g/mol. The molecule has 0 aromatic carbocycles. The van der Waals surface area contributed by atoms with E-state index in [-0.39, 0.29) is 12.0 Å². The third-order valence-electron chi connectivity index (χ3n) is 4.94. The number of hydrogen-bond acceptors (Lipinski definition) is 3. The van der Waals surface area contributed by atoms with Crippen molar-refractivity contribution in [2.24, 2.45) is 5.92 Å². The van der Waals surface area contributed by atoms with Crippen molar-refractivity contribution in [3.05, 3.63) is 16.1 Å². The highest BCUT2D eigenvalue weighted by atomic mass is 79.9. The number of fused-ring (bicyclic) bond motifs is 1. The van der Waals surface area contributed by atoms with Gasteiger partial charge in [-0.2, -0.15) is 0 Å². The van der Waals surface area contributed by atoms with Gasteiger partial charge in [-0.1, -0.05) is 19.3 Å². The zero-order valence-electron chi connectivity index (χ0n) is 12.6. The molecule has 0 saturated heterocycles. The van der Waals surface area contributed by atoms with E-state index >= 15 is 0 Å². The van der Waals surface area contributed by atoms with Crippen molar-refractivity contribution in [2.45, 2.75) is 63.8 Å². The molecule has 1 heterocycles. The maximum absolute atomic E-state index is 12.5. The third-order valence-corrected chi connectivity index (χ3v) is 5.50. The van der Waals surface area contributed by atoms with Crippen LogP contribution >= 0.6 is 15.9 Å². The van der Waals surface area contributed by atoms with Crippen molar-refractivity contribution < 1.29 is 9.53 Å². The molecule has 1 aromatic heterocycles. The summed E-state index contributed by atoms with van der Waals surface area (Å²) in [7, 11) is 1.50. The van der Waals surface area contributed by atoms with Crippen molar-refractivity contribution in [3.63, 3.8) is 0 Å². The first kappa shape index (κ1) is 15.1. The van der Waals surface area contributed by atoms with Gasteiger partial charge in [-0.05, 0) is 60.4 Å². The zero-order chi connectivity index (χ0) is 14.8. The molecule has 0 spiro atoms. The molecule has 2 aliphatic carbocycles. The van der Waals surface area contributed by atoms with Gasteiger partial charge in [0.2, 0.25) is 0 Å². The fourth-order valence-electron chi connectivity index (χ4n) is 3.89. The maximum atomic E-state index is 12.5. The normalized spacial score (nSPS) is 20.9. The average Bonchev–Trinajstić information content (AvgIpc) is 2.85. The molecule has 3 rings (SSSR count). The lowest BCUT2D eigenvalue weighted by Gasteiger charge is -2.31. The SMILES string of the molecule is COC(=O)C(C1CCCCC1)n1c(Br)nc2c1CCCC2. The van der Waals surface area contributed by atoms with E-state index in [0.717, 1.165) is 36.1 Å². The molecule has 5 heteroatoms. The van der Waals surface area contributed by atoms with Crippen LogP contribution in [0.4, 0.5) is 0 Å². The van der Waals surface area contributed by atoms with Crippen LogP contribution in [0.3, 0.4) is 0 Å². The monoisotopic (exact) mass is 354 g/mol. The summed E-state index contributed by atoms with van der Waals surface area (Å²) < 4.78 is 8.06. The van der Waals surface area contributed by atoms with E-state index in [2.05, 4.69) is 25.5 Å². The van der Waals surface area contributed by atoms with E-state index in [4.69, 9.17) is 4.74 Å². The summed E-state index contributed by atoms with van der Waals surface area (Å²) in [4.78, 5) is 17.1. The number of rotatable bonds is 3. The molecule has 0 radical (unpaired) electrons. The second-order valence-corrected chi connectivity index (χ2v) is 6.93. The largest absolute Gasteiger partial charge is 0.467 e. The number of ether oxygens (including phenoxy) is 1. The third kappa shape index (κ3) is 2.89. The van der Waals surface area contributed by atoms with Gasteiger partial charge in [-0.3, -0.25) is 0 Å². The molecule has 1 aromatic rings. The van der Waals surface area contributed by atoms with Crippen LogP contribution in [0.25, 0.3) is 0 Å². The minimum Gasteiger partial charge on any atom is -0.467 e. The maximum Gasteiger partial charge on any atom is 0.329 e. The van der Waals surface area contributed by atoms with Gasteiger partial charge in [0.05, 0.1) is 12.8 Å². The van der Waals surface area contributed by atoms with Crippen LogP contribution in [0, 0.1) is 5.92 Å². The molecule has 116 valence electrons. The molecular formula is C16H23BrN2O2. The van der Waals surface area contributed by atoms with Crippen molar-refractivity contribution in [3.8, 4) is 0 Å². The van der Waals surface area contributed by atoms with E-state index in [1.54, 1.807) is 0 Å². The highest BCUT2D eigenvalue weighted by Crippen LogP contribution is 2.38. The van der Waals surface area contributed by atoms with Crippen molar-refractivity contribution in [1.82, 2.24) is 9.55 Å². The Balaban J connectivity index is 1.99. The Hall–Kier alpha value is -0.840. The van der Waals surface area contributed by atoms with Gasteiger partial charge in [0.25, 0.3) is 0 Å². The summed E-state index contributed by atoms with van der Waals surface area (Å²) in [6, 6.07) is -0.209. The Morgan fingerprint density at radius 3 is 2.67 bits per heavy atom. The summed E-state index contributed by atoms with van der Waals surface area (Å²) in [6.07, 6.45) is 10.4. The minimum atomic E-state index is -0.209. The molecule has 0 amide bonds. The van der Waals surface area contributed by atoms with Crippen molar-refractivity contribution in [2.75, 3.05) is 7.11 Å². The lowest BCUT2D eigenvalue weighted by molar-refractivity contribution is -0.147. The number of carbonyl (C=O) groups excluding carboxylic acids is 1. The summed E-state index contributed by atoms with van der Waals surface area (Å²) in [5.41, 5.74) is 2.41. The molecule has 21 heavy (non-hydrogen) atoms. The van der Waals surface area contributed by atoms with Crippen LogP contribution in [-0.4, -0.2) is 22.6 Å². The molecule has 1 saturated carbocycles. The Labute approximate surface area is 134 Å². The first-order valence-electron chi connectivity index (χ1n) is 8.05. The van der Waals surface area contributed by atoms with Gasteiger partial charge >= 0.3 is 5.97 Å². The number of methoxy groups -OCH3 is 1. The standard InChI is InChI=1S/C16H23BrN2O2/c1-21-15(20)14(11-7-3-2-4-8-11)19-13-10-6-5-9-12(13)18-16(19)17/h11,14H,2-10H2,1H3. The highest BCUT2D eigenvalue weighted by Gasteiger charge is 2.35. The summed E-state index contributed by atoms with van der Waals surface area (Å²) in [6.45, 7) is 0. The van der Waals surface area contributed by atoms with Crippen LogP contribution in [0.1, 0.15) is 62.4 Å². The number of aromatic nitrogens is 2. The number of aryl methyl sites for hydroxylation is 1. The van der Waals surface area contributed by atoms with Crippen LogP contribution in [0.5, 0.6) is 0 Å². The number of nitrogens with zero attached hydrogens (tertiary/aromatic N) is 2. The summed E-state index contributed by atoms with van der Waals surface area (Å²) in [5.74, 6) is 0.260. The summed E-state index contributed by atoms with van der Waals surface area (Å²) in [5, 5.41) is 0. The Morgan fingerprint density at radius 2 is 1.95 bits per heavy atom. The Morgan fingerprint density at radius 1 is 1.24 bits per heavy atom. The molecule has 4 nitrogen and oxygen atoms in total. The highest BCUT2D eigenvalue weighted by molar-refractivity contribution is 9.10. The first-order chi connectivity index (χ1) is 10.2. The van der Waals surface area contributed by atoms with Gasteiger partial charge in [0, 0.05) is 5.69 Å². The smallest absolute Gasteiger partial charge is 0.329 e. The second-order valence-electron chi connectivity index (χ2n) is 6.22. The van der Waals surface area contributed by atoms with Crippen LogP contribution in [0.15, 0.2) is 4.73 Å². The van der Waals surface area contributed by atoms with E-state index in [9.17, 15) is 4.79 Å². The first-order valence-corrected chi connectivity index (χ1v) is 8.85. The molecule has 0 N–H and O–H groups in total. The molecule has 2 aliphatic rings. The number of halogens is 1. The van der Waals surface area contributed by atoms with Crippen molar-refractivity contribution >= 4 is 21.9 Å². The van der Waals surface area contributed by atoms with Crippen LogP contribution in [-0.2, 0) is 22.4 Å². The van der Waals surface area contributed by atoms with E-state index < -0.39 is 0 Å². The molecule has 1 unspecified atom stereocenters. The Bertz CT molecular complexity index is 521. The van der Waals surface area contributed by atoms with Gasteiger partial charge in [-0.25, -0.2) is 9.78 Å². The Kier molecular flexibility index (Phi) is 4.67. The van der Waals surface area contributed by atoms with Gasteiger partial charge in [0.15, 0.2) is 4.73 Å². The second kappa shape index (κ2) is 6.51. The predicted molar refractivity (Wildman–Crippen MR) is 84.2 cm³/mol. The van der Waals surface area contributed by atoms with Crippen LogP contribution in [0.2, 0.25) is 0 Å². The zero-order valence-corrected chi connectivity index (χ0v) is 14.2. The van der Waals surface area contributed by atoms with E-state index in [1.807, 2.05) is 0 Å². The predicted octanol–water partition coefficient (Wildman–Crippen LogP) is 3.82. The lowest BCUT2D eigenvalue weighted by Crippen LogP contribution is -2.31. The molecule has 1 atom stereocenters. The number of carbonyl (C=O) groups is 1. The molecule has 1 fully saturated rings. The lowest BCUT2D eigenvalue weighted by atomic mass is 9.83. The van der Waals surface area contributed by atoms with E-state index in [1.165, 1.54) is 44.9 Å². The molecule has 0 aliphatic heterocycles. The van der Waals surface area contributed by atoms with E-state index in [0.29, 0.717) is 5.92 Å². The number of imidazole rings is 1. The number of esters is 1. The quantitative estimate of drug-likeness (QED) is 0.775. The topological polar surface area (TPSA) is 44.1 Å². The van der Waals surface area contributed by atoms with Crippen LogP contribution < -0.4 is 0 Å². The minimum absolute atomic E-state index is 0.117. The number of hydrogen-bond donors (Lipinski definition) is 0. The van der Waals surface area contributed by atoms with Gasteiger partial charge in [0.1, 0.15) is 6.04 Å². The van der Waals surface area contributed by atoms with Crippen molar-refractivity contribution in [1.29, 1.82) is 0 Å². The van der Waals surface area contributed by atoms with Gasteiger partial charge in [-0.15, -0.1) is 0 Å². The fourth-order valence-corrected chi connectivity index (χ4v) is 4.54. The summed E-state index contributed by atoms with van der Waals surface area (Å²) >= 11 is 3.59. The fraction of sp³-hybridized carbons (Fsp3) is 0.750.